The Morgan fingerprint density at radius 2 is 1.83 bits per heavy atom. The number of para-hydroxylation sites is 1. The largest absolute Gasteiger partial charge is 0.385 e. The molecule has 186 valence electrons. The third-order valence-electron chi connectivity index (χ3n) is 5.32. The maximum absolute atomic E-state index is 13.3. The zero-order chi connectivity index (χ0) is 25.6. The average Bonchev–Trinajstić information content (AvgIpc) is 3.23. The lowest BCUT2D eigenvalue weighted by Gasteiger charge is -2.22. The van der Waals surface area contributed by atoms with Crippen molar-refractivity contribution in [3.8, 4) is 5.69 Å². The number of nitrogens with zero attached hydrogens (tertiary/aromatic N) is 3. The molecule has 35 heavy (non-hydrogen) atoms. The van der Waals surface area contributed by atoms with Crippen molar-refractivity contribution in [1.29, 1.82) is 0 Å². The van der Waals surface area contributed by atoms with Crippen LogP contribution in [0.3, 0.4) is 0 Å². The van der Waals surface area contributed by atoms with Crippen LogP contribution in [0, 0.1) is 5.82 Å². The molecule has 0 radical (unpaired) electrons. The van der Waals surface area contributed by atoms with E-state index in [0.717, 1.165) is 5.69 Å². The van der Waals surface area contributed by atoms with E-state index < -0.39 is 11.7 Å². The van der Waals surface area contributed by atoms with E-state index in [2.05, 4.69) is 10.4 Å². The maximum atomic E-state index is 13.3. The van der Waals surface area contributed by atoms with Crippen LogP contribution in [0.2, 0.25) is 5.02 Å². The van der Waals surface area contributed by atoms with Crippen molar-refractivity contribution in [2.75, 3.05) is 32.1 Å². The van der Waals surface area contributed by atoms with Crippen LogP contribution in [-0.2, 0) is 14.9 Å². The molecule has 0 fully saturated rings. The molecule has 0 aliphatic rings. The van der Waals surface area contributed by atoms with Gasteiger partial charge in [0.15, 0.2) is 0 Å². The number of aromatic nitrogens is 2. The average molecular weight is 501 g/mol. The zero-order valence-corrected chi connectivity index (χ0v) is 21.1. The third-order valence-corrected chi connectivity index (χ3v) is 5.63. The predicted molar refractivity (Wildman–Crippen MR) is 135 cm³/mol. The summed E-state index contributed by atoms with van der Waals surface area (Å²) in [6, 6.07) is 14.3. The van der Waals surface area contributed by atoms with Crippen LogP contribution in [0.5, 0.6) is 0 Å². The number of ether oxygens (including phenoxy) is 1. The summed E-state index contributed by atoms with van der Waals surface area (Å²) in [5.41, 5.74) is 1.43. The maximum Gasteiger partial charge on any atom is 0.254 e. The van der Waals surface area contributed by atoms with Crippen LogP contribution >= 0.6 is 11.6 Å². The highest BCUT2D eigenvalue weighted by Crippen LogP contribution is 2.29. The van der Waals surface area contributed by atoms with Crippen molar-refractivity contribution in [3.63, 3.8) is 0 Å². The van der Waals surface area contributed by atoms with E-state index in [4.69, 9.17) is 16.3 Å². The van der Waals surface area contributed by atoms with Gasteiger partial charge in [-0.05, 0) is 42.8 Å². The number of rotatable bonds is 9. The molecule has 9 heteroatoms. The first-order valence-corrected chi connectivity index (χ1v) is 11.7. The summed E-state index contributed by atoms with van der Waals surface area (Å²) in [6.07, 6.45) is 0.544. The summed E-state index contributed by atoms with van der Waals surface area (Å²) in [4.78, 5) is 27.6. The molecule has 0 saturated carbocycles. The Bertz CT molecular complexity index is 1170. The minimum atomic E-state index is -0.437. The smallest absolute Gasteiger partial charge is 0.254 e. The fourth-order valence-corrected chi connectivity index (χ4v) is 3.64. The Morgan fingerprint density at radius 1 is 1.14 bits per heavy atom. The van der Waals surface area contributed by atoms with E-state index in [1.807, 2.05) is 39.0 Å². The molecule has 0 aliphatic heterocycles. The van der Waals surface area contributed by atoms with Gasteiger partial charge in [0.1, 0.15) is 18.2 Å². The van der Waals surface area contributed by atoms with Gasteiger partial charge in [0, 0.05) is 37.3 Å². The van der Waals surface area contributed by atoms with E-state index >= 15 is 0 Å². The van der Waals surface area contributed by atoms with E-state index in [1.54, 1.807) is 23.9 Å². The lowest BCUT2D eigenvalue weighted by atomic mass is 9.92. The summed E-state index contributed by atoms with van der Waals surface area (Å²) in [5, 5.41) is 8.05. The van der Waals surface area contributed by atoms with Crippen molar-refractivity contribution < 1.29 is 18.7 Å². The number of halogens is 2. The summed E-state index contributed by atoms with van der Waals surface area (Å²) >= 11 is 6.40. The van der Waals surface area contributed by atoms with E-state index in [0.29, 0.717) is 41.7 Å². The second kappa shape index (κ2) is 11.5. The molecular formula is C26H30ClFN4O3. The number of anilines is 1. The second-order valence-electron chi connectivity index (χ2n) is 9.16. The van der Waals surface area contributed by atoms with Crippen LogP contribution in [0.1, 0.15) is 43.2 Å². The first kappa shape index (κ1) is 26.4. The summed E-state index contributed by atoms with van der Waals surface area (Å²) in [5.74, 6) is -0.760. The van der Waals surface area contributed by atoms with Gasteiger partial charge >= 0.3 is 0 Å². The third kappa shape index (κ3) is 6.90. The fraction of sp³-hybridized carbons (Fsp3) is 0.346. The van der Waals surface area contributed by atoms with Crippen LogP contribution < -0.4 is 5.32 Å². The minimum absolute atomic E-state index is 0.196. The molecular weight excluding hydrogens is 471 g/mol. The van der Waals surface area contributed by atoms with Crippen molar-refractivity contribution in [2.24, 2.45) is 0 Å². The minimum Gasteiger partial charge on any atom is -0.385 e. The van der Waals surface area contributed by atoms with E-state index in [9.17, 15) is 14.0 Å². The highest BCUT2D eigenvalue weighted by atomic mass is 35.5. The second-order valence-corrected chi connectivity index (χ2v) is 9.56. The van der Waals surface area contributed by atoms with Crippen molar-refractivity contribution in [2.45, 2.75) is 32.6 Å². The number of methoxy groups -OCH3 is 1. The van der Waals surface area contributed by atoms with E-state index in [-0.39, 0.29) is 17.9 Å². The van der Waals surface area contributed by atoms with E-state index in [1.165, 1.54) is 29.2 Å². The highest BCUT2D eigenvalue weighted by Gasteiger charge is 2.24. The van der Waals surface area contributed by atoms with Gasteiger partial charge in [-0.25, -0.2) is 9.07 Å². The number of hydrogen-bond acceptors (Lipinski definition) is 4. The molecule has 1 N–H and O–H groups in total. The zero-order valence-electron chi connectivity index (χ0n) is 20.3. The standard InChI is InChI=1S/C26H30ClFN4O3/c1-26(2,3)22-16-23(32(30-22)21-9-6-5-8-20(21)27)29-24(33)17-31(14-7-15-35-4)25(34)18-10-12-19(28)13-11-18/h5-6,8-13,16H,7,14-15,17H2,1-4H3,(H,29,33). The van der Waals surface area contributed by atoms with Crippen LogP contribution in [0.4, 0.5) is 10.2 Å². The molecule has 0 spiro atoms. The van der Waals surface area contributed by atoms with Gasteiger partial charge in [0.05, 0.1) is 16.4 Å². The number of hydrogen-bond donors (Lipinski definition) is 1. The molecule has 0 unspecified atom stereocenters. The first-order valence-electron chi connectivity index (χ1n) is 11.3. The number of amides is 2. The van der Waals surface area contributed by atoms with Crippen molar-refractivity contribution >= 4 is 29.2 Å². The summed E-state index contributed by atoms with van der Waals surface area (Å²) in [7, 11) is 1.57. The predicted octanol–water partition coefficient (Wildman–Crippen LogP) is 5.08. The number of nitrogens with one attached hydrogen (secondary N) is 1. The first-order chi connectivity index (χ1) is 16.6. The number of carbonyl (C=O) groups is 2. The Kier molecular flexibility index (Phi) is 8.64. The van der Waals surface area contributed by atoms with Crippen LogP contribution in [-0.4, -0.2) is 53.3 Å². The molecule has 2 aromatic carbocycles. The molecule has 3 aromatic rings. The number of carbonyl (C=O) groups excluding carboxylic acids is 2. The molecule has 2 amide bonds. The van der Waals surface area contributed by atoms with Crippen molar-refractivity contribution in [3.05, 3.63) is 76.7 Å². The molecule has 1 aromatic heterocycles. The molecule has 0 bridgehead atoms. The Hall–Kier alpha value is -3.23. The molecule has 0 saturated heterocycles. The van der Waals surface area contributed by atoms with Gasteiger partial charge in [-0.1, -0.05) is 44.5 Å². The molecule has 1 heterocycles. The quantitative estimate of drug-likeness (QED) is 0.416. The van der Waals surface area contributed by atoms with Crippen LogP contribution in [0.25, 0.3) is 5.69 Å². The van der Waals surface area contributed by atoms with Gasteiger partial charge in [-0.3, -0.25) is 9.59 Å². The van der Waals surface area contributed by atoms with Gasteiger partial charge in [0.2, 0.25) is 5.91 Å². The Balaban J connectivity index is 1.86. The topological polar surface area (TPSA) is 76.5 Å². The normalized spacial score (nSPS) is 11.4. The van der Waals surface area contributed by atoms with Gasteiger partial charge in [-0.15, -0.1) is 0 Å². The van der Waals surface area contributed by atoms with Gasteiger partial charge < -0.3 is 15.0 Å². The molecule has 0 atom stereocenters. The number of benzene rings is 2. The summed E-state index contributed by atoms with van der Waals surface area (Å²) in [6.45, 7) is 6.61. The Morgan fingerprint density at radius 3 is 2.46 bits per heavy atom. The fourth-order valence-electron chi connectivity index (χ4n) is 3.43. The molecule has 0 aliphatic carbocycles. The lowest BCUT2D eigenvalue weighted by molar-refractivity contribution is -0.117. The van der Waals surface area contributed by atoms with Gasteiger partial charge in [0.25, 0.3) is 5.91 Å². The monoisotopic (exact) mass is 500 g/mol. The lowest BCUT2D eigenvalue weighted by Crippen LogP contribution is -2.39. The van der Waals surface area contributed by atoms with Crippen LogP contribution in [0.15, 0.2) is 54.6 Å². The summed E-state index contributed by atoms with van der Waals surface area (Å²) < 4.78 is 20.0. The highest BCUT2D eigenvalue weighted by molar-refractivity contribution is 6.32. The van der Waals surface area contributed by atoms with Crippen molar-refractivity contribution in [1.82, 2.24) is 14.7 Å². The Labute approximate surface area is 209 Å². The van der Waals surface area contributed by atoms with Gasteiger partial charge in [-0.2, -0.15) is 5.10 Å². The molecule has 7 nitrogen and oxygen atoms in total. The molecule has 3 rings (SSSR count). The SMILES string of the molecule is COCCCN(CC(=O)Nc1cc(C(C)(C)C)nn1-c1ccccc1Cl)C(=O)c1ccc(F)cc1.